The Morgan fingerprint density at radius 1 is 1.25 bits per heavy atom. The zero-order chi connectivity index (χ0) is 9.72. The van der Waals surface area contributed by atoms with Gasteiger partial charge in [0.1, 0.15) is 0 Å². The molecule has 70 valence electrons. The minimum absolute atomic E-state index is 0.558. The van der Waals surface area contributed by atoms with Gasteiger partial charge in [-0.05, 0) is 25.5 Å². The maximum Gasteiger partial charge on any atom is 0.0290 e. The lowest BCUT2D eigenvalue weighted by molar-refractivity contribution is 0.938. The zero-order valence-electron chi connectivity index (χ0n) is 8.68. The van der Waals surface area contributed by atoms with Crippen molar-refractivity contribution in [2.75, 3.05) is 0 Å². The van der Waals surface area contributed by atoms with Crippen LogP contribution in [0.15, 0.2) is 24.3 Å². The van der Waals surface area contributed by atoms with Crippen LogP contribution in [0.25, 0.3) is 0 Å². The van der Waals surface area contributed by atoms with Crippen molar-refractivity contribution in [2.45, 2.75) is 44.6 Å². The molecule has 0 N–H and O–H groups in total. The largest absolute Gasteiger partial charge is 0.151 e. The summed E-state index contributed by atoms with van der Waals surface area (Å²) in [5.41, 5.74) is 2.51. The first-order valence-corrected chi connectivity index (χ1v) is 5.33. The molecule has 0 fully saturated rings. The van der Waals surface area contributed by atoms with Crippen molar-refractivity contribution in [2.24, 2.45) is 0 Å². The smallest absolute Gasteiger partial charge is 0.0290 e. The third-order valence-electron chi connectivity index (χ3n) is 1.52. The number of rotatable bonds is 5. The van der Waals surface area contributed by atoms with Crippen molar-refractivity contribution in [3.63, 3.8) is 0 Å². The average molecular weight is 184 g/mol. The van der Waals surface area contributed by atoms with Crippen LogP contribution in [0, 0.1) is 0 Å². The van der Waals surface area contributed by atoms with Crippen molar-refractivity contribution >= 4 is 11.8 Å². The highest BCUT2D eigenvalue weighted by Gasteiger charge is 2.11. The van der Waals surface area contributed by atoms with E-state index in [2.05, 4.69) is 40.9 Å². The van der Waals surface area contributed by atoms with Crippen LogP contribution in [-0.4, -0.2) is 10.5 Å². The minimum Gasteiger partial charge on any atom is -0.151 e. The van der Waals surface area contributed by atoms with Crippen molar-refractivity contribution in [1.82, 2.24) is 0 Å². The summed E-state index contributed by atoms with van der Waals surface area (Å²) in [5.74, 6) is 0. The second-order valence-electron chi connectivity index (χ2n) is 3.68. The molecule has 1 unspecified atom stereocenters. The van der Waals surface area contributed by atoms with Gasteiger partial charge in [0.25, 0.3) is 0 Å². The number of hydrogen-bond donors (Lipinski definition) is 0. The Morgan fingerprint density at radius 3 is 2.00 bits per heavy atom. The van der Waals surface area contributed by atoms with Gasteiger partial charge in [0.05, 0.1) is 0 Å². The molecule has 0 saturated heterocycles. The quantitative estimate of drug-likeness (QED) is 0.581. The van der Waals surface area contributed by atoms with E-state index in [4.69, 9.17) is 0 Å². The Bertz CT molecular complexity index is 168. The Balaban J connectivity index is 4.04. The van der Waals surface area contributed by atoms with Gasteiger partial charge in [0, 0.05) is 5.25 Å². The number of hydrogen-bond acceptors (Lipinski definition) is 1. The molecule has 0 amide bonds. The maximum atomic E-state index is 4.00. The van der Waals surface area contributed by atoms with Crippen LogP contribution in [0.5, 0.6) is 0 Å². The van der Waals surface area contributed by atoms with E-state index >= 15 is 0 Å². The van der Waals surface area contributed by atoms with Gasteiger partial charge in [-0.1, -0.05) is 31.6 Å². The predicted octanol–water partition coefficient (Wildman–Crippen LogP) is 4.04. The second kappa shape index (κ2) is 5.47. The lowest BCUT2D eigenvalue weighted by Gasteiger charge is -2.18. The van der Waals surface area contributed by atoms with E-state index in [1.165, 1.54) is 11.1 Å². The molecular weight excluding hydrogens is 164 g/mol. The lowest BCUT2D eigenvalue weighted by atomic mass is 10.1. The molecule has 0 saturated carbocycles. The summed E-state index contributed by atoms with van der Waals surface area (Å²) in [6.07, 6.45) is 1.07. The fourth-order valence-corrected chi connectivity index (χ4v) is 2.25. The topological polar surface area (TPSA) is 0 Å². The standard InChI is InChI=1S/C11H20S/c1-8(2)7-11(9(3)4)12-10(5)6/h10-11H,1,3,7H2,2,4-6H3. The van der Waals surface area contributed by atoms with E-state index in [9.17, 15) is 0 Å². The van der Waals surface area contributed by atoms with E-state index in [1.807, 2.05) is 11.8 Å². The van der Waals surface area contributed by atoms with Crippen molar-refractivity contribution in [3.8, 4) is 0 Å². The second-order valence-corrected chi connectivity index (χ2v) is 5.47. The molecule has 0 nitrogen and oxygen atoms in total. The first-order valence-electron chi connectivity index (χ1n) is 4.38. The summed E-state index contributed by atoms with van der Waals surface area (Å²) in [7, 11) is 0. The van der Waals surface area contributed by atoms with Crippen LogP contribution in [0.4, 0.5) is 0 Å². The molecule has 0 aromatic carbocycles. The number of thioether (sulfide) groups is 1. The predicted molar refractivity (Wildman–Crippen MR) is 60.8 cm³/mol. The van der Waals surface area contributed by atoms with Gasteiger partial charge in [-0.25, -0.2) is 0 Å². The Labute approximate surface area is 81.1 Å². The van der Waals surface area contributed by atoms with Gasteiger partial charge in [-0.2, -0.15) is 11.8 Å². The molecule has 0 aliphatic carbocycles. The average Bonchev–Trinajstić information content (AvgIpc) is 1.83. The monoisotopic (exact) mass is 184 g/mol. The first-order chi connectivity index (χ1) is 5.43. The molecule has 0 radical (unpaired) electrons. The van der Waals surface area contributed by atoms with Crippen LogP contribution >= 0.6 is 11.8 Å². The van der Waals surface area contributed by atoms with Crippen molar-refractivity contribution in [1.29, 1.82) is 0 Å². The molecule has 1 heteroatoms. The van der Waals surface area contributed by atoms with E-state index in [0.717, 1.165) is 6.42 Å². The van der Waals surface area contributed by atoms with Gasteiger partial charge in [-0.15, -0.1) is 6.58 Å². The normalized spacial score (nSPS) is 13.1. The maximum absolute atomic E-state index is 4.00. The van der Waals surface area contributed by atoms with Gasteiger partial charge >= 0.3 is 0 Å². The van der Waals surface area contributed by atoms with Gasteiger partial charge in [0.2, 0.25) is 0 Å². The van der Waals surface area contributed by atoms with Crippen LogP contribution in [-0.2, 0) is 0 Å². The summed E-state index contributed by atoms with van der Waals surface area (Å²) in [6, 6.07) is 0. The lowest BCUT2D eigenvalue weighted by Crippen LogP contribution is -2.07. The highest BCUT2D eigenvalue weighted by Crippen LogP contribution is 2.27. The molecule has 0 aromatic heterocycles. The molecule has 0 aliphatic heterocycles. The minimum atomic E-state index is 0.558. The molecular formula is C11H20S. The first kappa shape index (κ1) is 11.8. The highest BCUT2D eigenvalue weighted by molar-refractivity contribution is 8.00. The third-order valence-corrected chi connectivity index (χ3v) is 2.96. The molecule has 0 heterocycles. The Morgan fingerprint density at radius 2 is 1.75 bits per heavy atom. The van der Waals surface area contributed by atoms with Crippen molar-refractivity contribution in [3.05, 3.63) is 24.3 Å². The summed E-state index contributed by atoms with van der Waals surface area (Å²) in [6.45, 7) is 16.6. The third kappa shape index (κ3) is 5.48. The molecule has 0 aromatic rings. The van der Waals surface area contributed by atoms with Gasteiger partial charge < -0.3 is 0 Å². The Kier molecular flexibility index (Phi) is 5.39. The fourth-order valence-electron chi connectivity index (χ4n) is 0.984. The molecule has 0 aliphatic rings. The van der Waals surface area contributed by atoms with Crippen LogP contribution in [0.1, 0.15) is 34.1 Å². The molecule has 0 rings (SSSR count). The highest BCUT2D eigenvalue weighted by atomic mass is 32.2. The Hall–Kier alpha value is -0.170. The van der Waals surface area contributed by atoms with Crippen LogP contribution in [0.2, 0.25) is 0 Å². The SMILES string of the molecule is C=C(C)CC(SC(C)C)C(=C)C. The molecule has 1 atom stereocenters. The summed E-state index contributed by atoms with van der Waals surface area (Å²) < 4.78 is 0. The van der Waals surface area contributed by atoms with E-state index in [0.29, 0.717) is 10.5 Å². The zero-order valence-corrected chi connectivity index (χ0v) is 9.50. The summed E-state index contributed by atoms with van der Waals surface area (Å²) in [5, 5.41) is 1.23. The van der Waals surface area contributed by atoms with E-state index in [-0.39, 0.29) is 0 Å². The van der Waals surface area contributed by atoms with Gasteiger partial charge in [0.15, 0.2) is 0 Å². The van der Waals surface area contributed by atoms with Crippen molar-refractivity contribution < 1.29 is 0 Å². The van der Waals surface area contributed by atoms with Gasteiger partial charge in [-0.3, -0.25) is 0 Å². The van der Waals surface area contributed by atoms with E-state index in [1.54, 1.807) is 0 Å². The molecule has 12 heavy (non-hydrogen) atoms. The summed E-state index contributed by atoms with van der Waals surface area (Å²) in [4.78, 5) is 0. The molecule has 0 bridgehead atoms. The summed E-state index contributed by atoms with van der Waals surface area (Å²) >= 11 is 1.98. The van der Waals surface area contributed by atoms with E-state index < -0.39 is 0 Å². The van der Waals surface area contributed by atoms with Crippen LogP contribution < -0.4 is 0 Å². The van der Waals surface area contributed by atoms with Crippen LogP contribution in [0.3, 0.4) is 0 Å². The molecule has 0 spiro atoms. The fraction of sp³-hybridized carbons (Fsp3) is 0.636. The number of allylic oxidation sites excluding steroid dienone is 1.